The third kappa shape index (κ3) is 6.72. The molecular weight excluding hydrogens is 524 g/mol. The zero-order valence-electron chi connectivity index (χ0n) is 22.0. The number of rotatable bonds is 8. The number of nitrogens with zero attached hydrogens (tertiary/aromatic N) is 2. The number of halogens is 1. The number of piperidine rings is 1. The lowest BCUT2D eigenvalue weighted by Crippen LogP contribution is -2.46. The van der Waals surface area contributed by atoms with Gasteiger partial charge < -0.3 is 24.3 Å². The molecule has 208 valence electrons. The van der Waals surface area contributed by atoms with E-state index in [2.05, 4.69) is 9.47 Å². The van der Waals surface area contributed by atoms with Gasteiger partial charge in [0, 0.05) is 47.3 Å². The van der Waals surface area contributed by atoms with E-state index in [1.165, 1.54) is 12.8 Å². The van der Waals surface area contributed by atoms with Gasteiger partial charge in [-0.05, 0) is 69.4 Å². The molecule has 2 bridgehead atoms. The molecule has 2 fully saturated rings. The molecule has 2 N–H and O–H groups in total. The van der Waals surface area contributed by atoms with E-state index in [1.807, 2.05) is 48.7 Å². The molecule has 5 rings (SSSR count). The average Bonchev–Trinajstić information content (AvgIpc) is 3.39. The van der Waals surface area contributed by atoms with E-state index in [9.17, 15) is 4.79 Å². The van der Waals surface area contributed by atoms with Crippen LogP contribution in [0, 0.1) is 0 Å². The van der Waals surface area contributed by atoms with Crippen LogP contribution >= 0.6 is 11.6 Å². The van der Waals surface area contributed by atoms with Gasteiger partial charge in [0.25, 0.3) is 0 Å². The first-order valence-electron chi connectivity index (χ1n) is 13.0. The van der Waals surface area contributed by atoms with Crippen LogP contribution < -0.4 is 9.47 Å². The Morgan fingerprint density at radius 1 is 0.974 bits per heavy atom. The highest BCUT2D eigenvalue weighted by Gasteiger charge is 2.41. The predicted molar refractivity (Wildman–Crippen MR) is 147 cm³/mol. The fourth-order valence-corrected chi connectivity index (χ4v) is 5.89. The highest BCUT2D eigenvalue weighted by molar-refractivity contribution is 6.30. The van der Waals surface area contributed by atoms with Crippen LogP contribution in [0.4, 0.5) is 0 Å². The number of aromatic nitrogens is 1. The van der Waals surface area contributed by atoms with Crippen LogP contribution in [0.15, 0.2) is 48.7 Å². The van der Waals surface area contributed by atoms with Crippen molar-refractivity contribution in [1.29, 1.82) is 0 Å². The molecule has 2 aromatic carbocycles. The number of carbonyl (C=O) groups is 3. The van der Waals surface area contributed by atoms with Crippen LogP contribution in [0.25, 0.3) is 10.9 Å². The van der Waals surface area contributed by atoms with Crippen molar-refractivity contribution in [3.05, 3.63) is 59.2 Å². The number of benzene rings is 2. The van der Waals surface area contributed by atoms with Crippen LogP contribution in [-0.2, 0) is 16.1 Å². The van der Waals surface area contributed by atoms with E-state index in [0.717, 1.165) is 65.3 Å². The van der Waals surface area contributed by atoms with Crippen molar-refractivity contribution >= 4 is 40.2 Å². The Labute approximate surface area is 231 Å². The molecule has 39 heavy (non-hydrogen) atoms. The average molecular weight is 557 g/mol. The Balaban J connectivity index is 0.000000531. The summed E-state index contributed by atoms with van der Waals surface area (Å²) < 4.78 is 14.1. The molecular formula is C29H33ClN2O7. The molecule has 10 heteroatoms. The number of fused-ring (bicyclic) bond motifs is 3. The summed E-state index contributed by atoms with van der Waals surface area (Å²) in [6.45, 7) is 3.56. The van der Waals surface area contributed by atoms with E-state index in [-0.39, 0.29) is 11.9 Å². The van der Waals surface area contributed by atoms with Crippen LogP contribution in [0.2, 0.25) is 5.02 Å². The lowest BCUT2D eigenvalue weighted by molar-refractivity contribution is -0.159. The highest BCUT2D eigenvalue weighted by atomic mass is 35.5. The fourth-order valence-electron chi connectivity index (χ4n) is 5.76. The number of Topliss-reactive ketones (excluding diaryl/α,β-unsaturated/α-hetero) is 1. The van der Waals surface area contributed by atoms with Gasteiger partial charge in [0.1, 0.15) is 17.6 Å². The monoisotopic (exact) mass is 556 g/mol. The zero-order valence-corrected chi connectivity index (χ0v) is 22.8. The number of ketones is 1. The Bertz CT molecular complexity index is 1310. The van der Waals surface area contributed by atoms with Crippen molar-refractivity contribution in [2.75, 3.05) is 13.7 Å². The van der Waals surface area contributed by atoms with Crippen LogP contribution in [0.3, 0.4) is 0 Å². The summed E-state index contributed by atoms with van der Waals surface area (Å²) in [5.74, 6) is -1.83. The Morgan fingerprint density at radius 3 is 2.18 bits per heavy atom. The van der Waals surface area contributed by atoms with E-state index in [4.69, 9.17) is 40.9 Å². The largest absolute Gasteiger partial charge is 0.495 e. The van der Waals surface area contributed by atoms with Gasteiger partial charge in [-0.2, -0.15) is 0 Å². The lowest BCUT2D eigenvalue weighted by atomic mass is 9.99. The smallest absolute Gasteiger partial charge is 0.414 e. The molecule has 0 spiro atoms. The first-order chi connectivity index (χ1) is 18.7. The third-order valence-electron chi connectivity index (χ3n) is 7.42. The second-order valence-corrected chi connectivity index (χ2v) is 10.3. The quantitative estimate of drug-likeness (QED) is 0.290. The fraction of sp³-hybridized carbons (Fsp3) is 0.414. The number of carbonyl (C=O) groups excluding carboxylic acids is 1. The first kappa shape index (κ1) is 28.4. The number of carboxylic acids is 2. The van der Waals surface area contributed by atoms with Crippen molar-refractivity contribution in [2.45, 2.75) is 63.8 Å². The van der Waals surface area contributed by atoms with Crippen molar-refractivity contribution < 1.29 is 34.1 Å². The molecule has 3 heterocycles. The van der Waals surface area contributed by atoms with Crippen LogP contribution in [0.1, 0.15) is 49.4 Å². The van der Waals surface area contributed by atoms with Gasteiger partial charge in [-0.3, -0.25) is 9.69 Å². The number of ether oxygens (including phenoxy) is 2. The van der Waals surface area contributed by atoms with Gasteiger partial charge in [-0.15, -0.1) is 0 Å². The molecule has 1 aromatic heterocycles. The molecule has 9 nitrogen and oxygen atoms in total. The summed E-state index contributed by atoms with van der Waals surface area (Å²) in [5.41, 5.74) is 1.78. The van der Waals surface area contributed by atoms with Gasteiger partial charge in [0.05, 0.1) is 12.6 Å². The number of aliphatic carboxylic acids is 2. The highest BCUT2D eigenvalue weighted by Crippen LogP contribution is 2.38. The summed E-state index contributed by atoms with van der Waals surface area (Å²) in [6, 6.07) is 14.8. The van der Waals surface area contributed by atoms with Gasteiger partial charge in [0.2, 0.25) is 0 Å². The molecule has 0 saturated carbocycles. The molecule has 3 atom stereocenters. The number of para-hydroxylation sites is 1. The van der Waals surface area contributed by atoms with Gasteiger partial charge in [0.15, 0.2) is 5.78 Å². The molecule has 2 unspecified atom stereocenters. The van der Waals surface area contributed by atoms with Crippen molar-refractivity contribution in [1.82, 2.24) is 9.47 Å². The Kier molecular flexibility index (Phi) is 9.14. The Morgan fingerprint density at radius 2 is 1.62 bits per heavy atom. The zero-order chi connectivity index (χ0) is 28.1. The summed E-state index contributed by atoms with van der Waals surface area (Å²) in [6.07, 6.45) is 7.96. The molecule has 2 aliphatic rings. The predicted octanol–water partition coefficient (Wildman–Crippen LogP) is 5.13. The van der Waals surface area contributed by atoms with Crippen molar-refractivity contribution in [3.63, 3.8) is 0 Å². The normalized spacial score (nSPS) is 20.2. The molecule has 0 aliphatic carbocycles. The number of hydrogen-bond donors (Lipinski definition) is 2. The second-order valence-electron chi connectivity index (χ2n) is 9.90. The van der Waals surface area contributed by atoms with Crippen molar-refractivity contribution in [3.8, 4) is 11.5 Å². The molecule has 2 aliphatic heterocycles. The molecule has 3 aromatic rings. The minimum absolute atomic E-state index is 0.0906. The van der Waals surface area contributed by atoms with E-state index in [0.29, 0.717) is 12.1 Å². The second kappa shape index (κ2) is 12.5. The van der Waals surface area contributed by atoms with E-state index < -0.39 is 11.9 Å². The Hall–Kier alpha value is -3.56. The number of methoxy groups -OCH3 is 1. The van der Waals surface area contributed by atoms with Gasteiger partial charge in [-0.1, -0.05) is 23.7 Å². The summed E-state index contributed by atoms with van der Waals surface area (Å²) in [4.78, 5) is 33.1. The number of carboxylic acid groups (broad SMARTS) is 2. The SMILES string of the molecule is COc1cccc2c(C(C)=O)cn(CCCN3C4CC[C@H]3CC(Oc3ccc(Cl)cc3)C4)c12.O=C(O)C(=O)O. The minimum atomic E-state index is -1.82. The summed E-state index contributed by atoms with van der Waals surface area (Å²) in [7, 11) is 1.69. The third-order valence-corrected chi connectivity index (χ3v) is 7.67. The number of hydrogen-bond acceptors (Lipinski definition) is 6. The summed E-state index contributed by atoms with van der Waals surface area (Å²) in [5, 5.41) is 16.5. The van der Waals surface area contributed by atoms with Crippen LogP contribution in [0.5, 0.6) is 11.5 Å². The number of aryl methyl sites for hydroxylation is 1. The maximum Gasteiger partial charge on any atom is 0.414 e. The van der Waals surface area contributed by atoms with Gasteiger partial charge in [-0.25, -0.2) is 9.59 Å². The minimum Gasteiger partial charge on any atom is -0.495 e. The van der Waals surface area contributed by atoms with Crippen LogP contribution in [-0.4, -0.2) is 69.2 Å². The standard InChI is InChI=1S/C27H31ClN2O3.C2H2O4/c1-18(31)25-17-29(27-24(25)5-3-6-26(27)32-2)13-4-14-30-20-9-10-21(30)16-23(15-20)33-22-11-7-19(28)8-12-22;3-1(4)2(5)6/h3,5-8,11-12,17,20-21,23H,4,9-10,13-16H2,1-2H3;(H,3,4)(H,5,6)/t20-,21?,23?;/m0./s1. The topological polar surface area (TPSA) is 118 Å². The van der Waals surface area contributed by atoms with E-state index in [1.54, 1.807) is 14.0 Å². The summed E-state index contributed by atoms with van der Waals surface area (Å²) >= 11 is 6.00. The first-order valence-corrected chi connectivity index (χ1v) is 13.4. The maximum absolute atomic E-state index is 12.2. The molecule has 0 amide bonds. The van der Waals surface area contributed by atoms with E-state index >= 15 is 0 Å². The molecule has 2 saturated heterocycles. The lowest BCUT2D eigenvalue weighted by Gasteiger charge is -2.39. The van der Waals surface area contributed by atoms with Gasteiger partial charge >= 0.3 is 11.9 Å². The molecule has 0 radical (unpaired) electrons. The maximum atomic E-state index is 12.2. The van der Waals surface area contributed by atoms with Crippen molar-refractivity contribution in [2.24, 2.45) is 0 Å².